The van der Waals surface area contributed by atoms with Crippen LogP contribution in [0, 0.1) is 11.3 Å². The summed E-state index contributed by atoms with van der Waals surface area (Å²) in [5.74, 6) is 0.327. The van der Waals surface area contributed by atoms with Crippen molar-refractivity contribution in [3.05, 3.63) is 24.3 Å². The highest BCUT2D eigenvalue weighted by atomic mass is 32.2. The fraction of sp³-hybridized carbons (Fsp3) is 0.462. The Balaban J connectivity index is 2.03. The molecule has 1 aromatic carbocycles. The van der Waals surface area contributed by atoms with E-state index in [1.807, 2.05) is 24.3 Å². The SMILES string of the molecule is COc1cccc(N2CCN(S(=O)(=O)CC#N)CC2)c1. The molecule has 20 heavy (non-hydrogen) atoms. The molecular formula is C13H17N3O3S. The molecule has 0 aromatic heterocycles. The van der Waals surface area contributed by atoms with Crippen LogP contribution >= 0.6 is 0 Å². The Morgan fingerprint density at radius 2 is 2.00 bits per heavy atom. The maximum Gasteiger partial charge on any atom is 0.227 e. The van der Waals surface area contributed by atoms with Crippen molar-refractivity contribution in [3.63, 3.8) is 0 Å². The van der Waals surface area contributed by atoms with E-state index in [1.54, 1.807) is 13.2 Å². The van der Waals surface area contributed by atoms with Gasteiger partial charge in [-0.1, -0.05) is 6.07 Å². The van der Waals surface area contributed by atoms with E-state index in [0.717, 1.165) is 11.4 Å². The van der Waals surface area contributed by atoms with Crippen LogP contribution in [0.2, 0.25) is 0 Å². The fourth-order valence-electron chi connectivity index (χ4n) is 2.20. The Morgan fingerprint density at radius 1 is 1.30 bits per heavy atom. The highest BCUT2D eigenvalue weighted by Crippen LogP contribution is 2.22. The number of nitriles is 1. The van der Waals surface area contributed by atoms with Crippen molar-refractivity contribution < 1.29 is 13.2 Å². The Kier molecular flexibility index (Phi) is 4.47. The molecule has 1 aliphatic heterocycles. The molecule has 1 fully saturated rings. The number of rotatable bonds is 4. The van der Waals surface area contributed by atoms with Gasteiger partial charge in [-0.2, -0.15) is 9.57 Å². The lowest BCUT2D eigenvalue weighted by Gasteiger charge is -2.35. The molecule has 0 bridgehead atoms. The van der Waals surface area contributed by atoms with Crippen LogP contribution in [-0.2, 0) is 10.0 Å². The predicted octanol–water partition coefficient (Wildman–Crippen LogP) is 0.671. The standard InChI is InChI=1S/C13H17N3O3S/c1-19-13-4-2-3-12(11-13)15-6-8-16(9-7-15)20(17,18)10-5-14/h2-4,11H,6-10H2,1H3. The summed E-state index contributed by atoms with van der Waals surface area (Å²) >= 11 is 0. The highest BCUT2D eigenvalue weighted by molar-refractivity contribution is 7.89. The molecule has 7 heteroatoms. The van der Waals surface area contributed by atoms with E-state index >= 15 is 0 Å². The van der Waals surface area contributed by atoms with Crippen LogP contribution in [0.3, 0.4) is 0 Å². The minimum Gasteiger partial charge on any atom is -0.497 e. The number of piperazine rings is 1. The normalized spacial score (nSPS) is 16.7. The van der Waals surface area contributed by atoms with Crippen molar-refractivity contribution in [1.82, 2.24) is 4.31 Å². The molecule has 1 aromatic rings. The van der Waals surface area contributed by atoms with Gasteiger partial charge in [0.1, 0.15) is 5.75 Å². The monoisotopic (exact) mass is 295 g/mol. The summed E-state index contributed by atoms with van der Waals surface area (Å²) < 4.78 is 30.2. The minimum atomic E-state index is -3.43. The molecule has 0 spiro atoms. The number of hydrogen-bond donors (Lipinski definition) is 0. The van der Waals surface area contributed by atoms with Gasteiger partial charge in [-0.25, -0.2) is 8.42 Å². The molecule has 0 atom stereocenters. The van der Waals surface area contributed by atoms with Gasteiger partial charge in [-0.05, 0) is 12.1 Å². The Bertz CT molecular complexity index is 602. The van der Waals surface area contributed by atoms with Gasteiger partial charge in [0.2, 0.25) is 10.0 Å². The minimum absolute atomic E-state index is 0.404. The maximum atomic E-state index is 11.8. The van der Waals surface area contributed by atoms with Crippen LogP contribution in [0.4, 0.5) is 5.69 Å². The number of anilines is 1. The lowest BCUT2D eigenvalue weighted by molar-refractivity contribution is 0.385. The van der Waals surface area contributed by atoms with Gasteiger partial charge >= 0.3 is 0 Å². The quantitative estimate of drug-likeness (QED) is 0.816. The summed E-state index contributed by atoms with van der Waals surface area (Å²) in [5.41, 5.74) is 1.02. The second-order valence-electron chi connectivity index (χ2n) is 4.50. The van der Waals surface area contributed by atoms with E-state index in [4.69, 9.17) is 10.00 Å². The molecular weight excluding hydrogens is 278 g/mol. The van der Waals surface area contributed by atoms with Gasteiger partial charge in [-0.15, -0.1) is 0 Å². The van der Waals surface area contributed by atoms with Gasteiger partial charge in [0.25, 0.3) is 0 Å². The van der Waals surface area contributed by atoms with Crippen molar-refractivity contribution in [2.75, 3.05) is 43.9 Å². The zero-order chi connectivity index (χ0) is 14.6. The molecule has 1 heterocycles. The Labute approximate surface area is 119 Å². The predicted molar refractivity (Wildman–Crippen MR) is 76.2 cm³/mol. The van der Waals surface area contributed by atoms with Gasteiger partial charge in [0, 0.05) is 37.9 Å². The van der Waals surface area contributed by atoms with Crippen LogP contribution < -0.4 is 9.64 Å². The average molecular weight is 295 g/mol. The third-order valence-electron chi connectivity index (χ3n) is 3.30. The van der Waals surface area contributed by atoms with E-state index < -0.39 is 15.8 Å². The number of nitrogens with zero attached hydrogens (tertiary/aromatic N) is 3. The fourth-order valence-corrected chi connectivity index (χ4v) is 3.27. The molecule has 0 radical (unpaired) electrons. The molecule has 0 N–H and O–H groups in total. The van der Waals surface area contributed by atoms with E-state index in [2.05, 4.69) is 4.90 Å². The van der Waals surface area contributed by atoms with Gasteiger partial charge < -0.3 is 9.64 Å². The molecule has 1 aliphatic rings. The van der Waals surface area contributed by atoms with Crippen LogP contribution in [0.15, 0.2) is 24.3 Å². The highest BCUT2D eigenvalue weighted by Gasteiger charge is 2.26. The smallest absolute Gasteiger partial charge is 0.227 e. The van der Waals surface area contributed by atoms with E-state index in [1.165, 1.54) is 4.31 Å². The zero-order valence-corrected chi connectivity index (χ0v) is 12.1. The van der Waals surface area contributed by atoms with Crippen LogP contribution in [0.25, 0.3) is 0 Å². The summed E-state index contributed by atoms with van der Waals surface area (Å²) in [5, 5.41) is 8.54. The van der Waals surface area contributed by atoms with Crippen molar-refractivity contribution in [3.8, 4) is 11.8 Å². The van der Waals surface area contributed by atoms with E-state index in [0.29, 0.717) is 26.2 Å². The number of hydrogen-bond acceptors (Lipinski definition) is 5. The first-order valence-corrected chi connectivity index (χ1v) is 7.91. The van der Waals surface area contributed by atoms with Crippen molar-refractivity contribution in [2.45, 2.75) is 0 Å². The van der Waals surface area contributed by atoms with E-state index in [-0.39, 0.29) is 0 Å². The third-order valence-corrected chi connectivity index (χ3v) is 4.94. The Hall–Kier alpha value is -1.78. The molecule has 0 saturated carbocycles. The average Bonchev–Trinajstić information content (AvgIpc) is 2.47. The molecule has 1 saturated heterocycles. The van der Waals surface area contributed by atoms with Gasteiger partial charge in [0.15, 0.2) is 5.75 Å². The first-order valence-electron chi connectivity index (χ1n) is 6.30. The summed E-state index contributed by atoms with van der Waals surface area (Å²) in [6.45, 7) is 2.03. The number of ether oxygens (including phenoxy) is 1. The van der Waals surface area contributed by atoms with Crippen LogP contribution in [-0.4, -0.2) is 51.8 Å². The molecule has 6 nitrogen and oxygen atoms in total. The van der Waals surface area contributed by atoms with Crippen LogP contribution in [0.1, 0.15) is 0 Å². The summed E-state index contributed by atoms with van der Waals surface area (Å²) in [4.78, 5) is 2.11. The third kappa shape index (κ3) is 3.21. The van der Waals surface area contributed by atoms with E-state index in [9.17, 15) is 8.42 Å². The first kappa shape index (κ1) is 14.6. The van der Waals surface area contributed by atoms with Crippen molar-refractivity contribution in [1.29, 1.82) is 5.26 Å². The van der Waals surface area contributed by atoms with Crippen molar-refractivity contribution >= 4 is 15.7 Å². The molecule has 0 unspecified atom stereocenters. The molecule has 108 valence electrons. The lowest BCUT2D eigenvalue weighted by Crippen LogP contribution is -2.49. The van der Waals surface area contributed by atoms with Crippen LogP contribution in [0.5, 0.6) is 5.75 Å². The number of benzene rings is 1. The molecule has 0 amide bonds. The summed E-state index contributed by atoms with van der Waals surface area (Å²) in [6, 6.07) is 9.39. The lowest BCUT2D eigenvalue weighted by atomic mass is 10.2. The first-order chi connectivity index (χ1) is 9.56. The van der Waals surface area contributed by atoms with Crippen molar-refractivity contribution in [2.24, 2.45) is 0 Å². The van der Waals surface area contributed by atoms with Gasteiger partial charge in [0.05, 0.1) is 13.2 Å². The maximum absolute atomic E-state index is 11.8. The second-order valence-corrected chi connectivity index (χ2v) is 6.47. The summed E-state index contributed by atoms with van der Waals surface area (Å²) in [6.07, 6.45) is 0. The Morgan fingerprint density at radius 3 is 2.60 bits per heavy atom. The summed E-state index contributed by atoms with van der Waals surface area (Å²) in [7, 11) is -1.81. The number of methoxy groups -OCH3 is 1. The molecule has 2 rings (SSSR count). The molecule has 0 aliphatic carbocycles. The van der Waals surface area contributed by atoms with Gasteiger partial charge in [-0.3, -0.25) is 0 Å². The zero-order valence-electron chi connectivity index (χ0n) is 11.3. The topological polar surface area (TPSA) is 73.6 Å². The number of sulfonamides is 1. The largest absolute Gasteiger partial charge is 0.497 e. The second kappa shape index (κ2) is 6.11.